The van der Waals surface area contributed by atoms with Gasteiger partial charge in [0.2, 0.25) is 0 Å². The van der Waals surface area contributed by atoms with Gasteiger partial charge in [-0.15, -0.1) is 0 Å². The summed E-state index contributed by atoms with van der Waals surface area (Å²) in [4.78, 5) is 4.14. The monoisotopic (exact) mass is 384 g/mol. The fourth-order valence-corrected chi connectivity index (χ4v) is 3.07. The summed E-state index contributed by atoms with van der Waals surface area (Å²) in [6.07, 6.45) is 3.79. The van der Waals surface area contributed by atoms with Gasteiger partial charge in [-0.1, -0.05) is 0 Å². The number of halogens is 2. The minimum atomic E-state index is 1.20. The number of nitrogens with zero attached hydrogens (tertiary/aromatic N) is 2. The standard InChI is InChI=1S/C8H6I2N2/c1-5-2-6-3-11-4-7(9)8(6)12(5)10/h2-4H,1H3. The summed E-state index contributed by atoms with van der Waals surface area (Å²) in [5.74, 6) is 0. The van der Waals surface area contributed by atoms with Gasteiger partial charge in [-0.25, -0.2) is 0 Å². The van der Waals surface area contributed by atoms with E-state index in [1.165, 1.54) is 20.2 Å². The second-order valence-electron chi connectivity index (χ2n) is 2.63. The van der Waals surface area contributed by atoms with Crippen LogP contribution in [0.3, 0.4) is 0 Å². The Hall–Kier alpha value is 0.150. The van der Waals surface area contributed by atoms with Gasteiger partial charge in [0.25, 0.3) is 0 Å². The van der Waals surface area contributed by atoms with Gasteiger partial charge in [-0.2, -0.15) is 0 Å². The van der Waals surface area contributed by atoms with Crippen LogP contribution >= 0.6 is 45.5 Å². The van der Waals surface area contributed by atoms with E-state index in [2.05, 4.69) is 66.2 Å². The number of hydrogen-bond donors (Lipinski definition) is 0. The van der Waals surface area contributed by atoms with Crippen molar-refractivity contribution in [2.75, 3.05) is 0 Å². The van der Waals surface area contributed by atoms with Crippen LogP contribution in [0.25, 0.3) is 10.9 Å². The van der Waals surface area contributed by atoms with E-state index in [-0.39, 0.29) is 0 Å². The first-order chi connectivity index (χ1) is 5.70. The molecule has 2 heterocycles. The average Bonchev–Trinajstić information content (AvgIpc) is 2.29. The van der Waals surface area contributed by atoms with E-state index in [1.54, 1.807) is 0 Å². The van der Waals surface area contributed by atoms with Crippen molar-refractivity contribution in [2.45, 2.75) is 6.92 Å². The molecule has 0 aliphatic carbocycles. The molecule has 2 nitrogen and oxygen atoms in total. The smallest absolute Gasteiger partial charge is 0.0744 e. The van der Waals surface area contributed by atoms with Gasteiger partial charge in [-0.3, -0.25) is 7.76 Å². The van der Waals surface area contributed by atoms with Gasteiger partial charge in [-0.05, 0) is 35.6 Å². The summed E-state index contributed by atoms with van der Waals surface area (Å²) < 4.78 is 3.36. The molecule has 2 aromatic heterocycles. The van der Waals surface area contributed by atoms with E-state index in [1.807, 2.05) is 12.4 Å². The Labute approximate surface area is 98.0 Å². The summed E-state index contributed by atoms with van der Waals surface area (Å²) >= 11 is 4.62. The number of fused-ring (bicyclic) bond motifs is 1. The van der Waals surface area contributed by atoms with Crippen molar-refractivity contribution in [1.82, 2.24) is 7.76 Å². The fourth-order valence-electron chi connectivity index (χ4n) is 1.21. The molecule has 0 unspecified atom stereocenters. The molecule has 0 fully saturated rings. The highest BCUT2D eigenvalue weighted by molar-refractivity contribution is 14.1. The molecule has 0 aromatic carbocycles. The Kier molecular flexibility index (Phi) is 2.28. The molecule has 62 valence electrons. The molecule has 0 spiro atoms. The van der Waals surface area contributed by atoms with Crippen molar-refractivity contribution in [1.29, 1.82) is 0 Å². The van der Waals surface area contributed by atoms with Crippen molar-refractivity contribution in [3.63, 3.8) is 0 Å². The summed E-state index contributed by atoms with van der Waals surface area (Å²) in [5, 5.41) is 1.22. The van der Waals surface area contributed by atoms with Gasteiger partial charge in [0.15, 0.2) is 0 Å². The highest BCUT2D eigenvalue weighted by Crippen LogP contribution is 2.25. The predicted molar refractivity (Wildman–Crippen MR) is 66.6 cm³/mol. The van der Waals surface area contributed by atoms with Gasteiger partial charge < -0.3 is 0 Å². The summed E-state index contributed by atoms with van der Waals surface area (Å²) in [6, 6.07) is 2.15. The summed E-state index contributed by atoms with van der Waals surface area (Å²) in [5.41, 5.74) is 2.53. The maximum absolute atomic E-state index is 4.14. The van der Waals surface area contributed by atoms with Crippen LogP contribution in [0, 0.1) is 10.5 Å². The van der Waals surface area contributed by atoms with E-state index < -0.39 is 0 Å². The quantitative estimate of drug-likeness (QED) is 0.639. The second kappa shape index (κ2) is 3.13. The maximum Gasteiger partial charge on any atom is 0.0744 e. The van der Waals surface area contributed by atoms with Crippen LogP contribution in [0.1, 0.15) is 5.69 Å². The average molecular weight is 384 g/mol. The number of rotatable bonds is 0. The lowest BCUT2D eigenvalue weighted by atomic mass is 10.3. The molecule has 0 saturated carbocycles. The van der Waals surface area contributed by atoms with Crippen LogP contribution in [0.5, 0.6) is 0 Å². The molecule has 4 heteroatoms. The Bertz CT molecular complexity index is 434. The minimum Gasteiger partial charge on any atom is -0.286 e. The molecule has 0 saturated heterocycles. The molecule has 0 bridgehead atoms. The molecule has 2 rings (SSSR count). The van der Waals surface area contributed by atoms with Crippen LogP contribution in [0.15, 0.2) is 18.5 Å². The molecule has 0 aliphatic rings. The van der Waals surface area contributed by atoms with Crippen molar-refractivity contribution in [3.05, 3.63) is 27.7 Å². The van der Waals surface area contributed by atoms with E-state index in [9.17, 15) is 0 Å². The fraction of sp³-hybridized carbons (Fsp3) is 0.125. The third-order valence-electron chi connectivity index (χ3n) is 1.77. The Morgan fingerprint density at radius 1 is 1.42 bits per heavy atom. The number of hydrogen-bond acceptors (Lipinski definition) is 1. The van der Waals surface area contributed by atoms with Crippen molar-refractivity contribution in [3.8, 4) is 0 Å². The first-order valence-corrected chi connectivity index (χ1v) is 5.52. The van der Waals surface area contributed by atoms with Gasteiger partial charge in [0, 0.05) is 23.5 Å². The van der Waals surface area contributed by atoms with E-state index in [0.717, 1.165) is 0 Å². The molecule has 0 radical (unpaired) electrons. The van der Waals surface area contributed by atoms with Crippen LogP contribution in [0.4, 0.5) is 0 Å². The third-order valence-corrected chi connectivity index (χ3v) is 3.80. The zero-order chi connectivity index (χ0) is 8.72. The zero-order valence-electron chi connectivity index (χ0n) is 6.38. The first kappa shape index (κ1) is 8.74. The van der Waals surface area contributed by atoms with E-state index >= 15 is 0 Å². The molecule has 12 heavy (non-hydrogen) atoms. The van der Waals surface area contributed by atoms with Crippen LogP contribution in [-0.4, -0.2) is 7.76 Å². The third kappa shape index (κ3) is 1.24. The Balaban J connectivity index is 2.97. The molecular weight excluding hydrogens is 378 g/mol. The Morgan fingerprint density at radius 2 is 2.17 bits per heavy atom. The number of aromatic nitrogens is 2. The van der Waals surface area contributed by atoms with Crippen LogP contribution in [0.2, 0.25) is 0 Å². The zero-order valence-corrected chi connectivity index (χ0v) is 10.7. The van der Waals surface area contributed by atoms with Crippen LogP contribution < -0.4 is 0 Å². The lowest BCUT2D eigenvalue weighted by molar-refractivity contribution is 1.25. The highest BCUT2D eigenvalue weighted by Gasteiger charge is 2.05. The van der Waals surface area contributed by atoms with Gasteiger partial charge >= 0.3 is 0 Å². The number of aryl methyl sites for hydroxylation is 1. The molecule has 0 aliphatic heterocycles. The molecule has 2 aromatic rings. The largest absolute Gasteiger partial charge is 0.286 e. The topological polar surface area (TPSA) is 17.8 Å². The van der Waals surface area contributed by atoms with Gasteiger partial charge in [0.05, 0.1) is 32.0 Å². The second-order valence-corrected chi connectivity index (χ2v) is 4.75. The lowest BCUT2D eigenvalue weighted by Crippen LogP contribution is -1.84. The van der Waals surface area contributed by atoms with Crippen LogP contribution in [-0.2, 0) is 0 Å². The normalized spacial score (nSPS) is 10.9. The first-order valence-electron chi connectivity index (χ1n) is 3.48. The summed E-state index contributed by atoms with van der Waals surface area (Å²) in [7, 11) is 0. The molecule has 0 N–H and O–H groups in total. The summed E-state index contributed by atoms with van der Waals surface area (Å²) in [6.45, 7) is 2.10. The molecular formula is C8H6I2N2. The Morgan fingerprint density at radius 3 is 2.83 bits per heavy atom. The van der Waals surface area contributed by atoms with E-state index in [0.29, 0.717) is 0 Å². The maximum atomic E-state index is 4.14. The molecule has 0 atom stereocenters. The van der Waals surface area contributed by atoms with Crippen molar-refractivity contribution < 1.29 is 0 Å². The SMILES string of the molecule is Cc1cc2cncc(I)c2n1I. The molecule has 0 amide bonds. The minimum absolute atomic E-state index is 1.20. The highest BCUT2D eigenvalue weighted by atomic mass is 127. The van der Waals surface area contributed by atoms with E-state index in [4.69, 9.17) is 0 Å². The number of pyridine rings is 1. The lowest BCUT2D eigenvalue weighted by Gasteiger charge is -1.97. The van der Waals surface area contributed by atoms with Crippen molar-refractivity contribution in [2.24, 2.45) is 0 Å². The predicted octanol–water partition coefficient (Wildman–Crippen LogP) is 3.15. The van der Waals surface area contributed by atoms with Gasteiger partial charge in [0.1, 0.15) is 0 Å². The van der Waals surface area contributed by atoms with Crippen molar-refractivity contribution >= 4 is 56.4 Å².